The maximum Gasteiger partial charge on any atom is 0.407 e. The van der Waals surface area contributed by atoms with Crippen LogP contribution in [0.1, 0.15) is 74.6 Å². The summed E-state index contributed by atoms with van der Waals surface area (Å²) < 4.78 is 9.56. The van der Waals surface area contributed by atoms with E-state index in [1.165, 1.54) is 14.2 Å². The van der Waals surface area contributed by atoms with Gasteiger partial charge in [-0.15, -0.1) is 0 Å². The summed E-state index contributed by atoms with van der Waals surface area (Å²) in [5, 5.41) is 5.35. The highest BCUT2D eigenvalue weighted by atomic mass is 16.5. The lowest BCUT2D eigenvalue weighted by molar-refractivity contribution is -0.136. The van der Waals surface area contributed by atoms with E-state index in [-0.39, 0.29) is 48.8 Å². The second-order valence-electron chi connectivity index (χ2n) is 16.3. The van der Waals surface area contributed by atoms with Gasteiger partial charge in [0.2, 0.25) is 11.8 Å². The number of H-pyrrole nitrogens is 2. The Morgan fingerprint density at radius 2 is 1.11 bits per heavy atom. The van der Waals surface area contributed by atoms with Crippen LogP contribution in [0.5, 0.6) is 0 Å². The number of benzene rings is 3. The number of nitrogens with one attached hydrogen (secondary N) is 4. The third-order valence-electron chi connectivity index (χ3n) is 11.5. The first-order valence-corrected chi connectivity index (χ1v) is 20.8. The van der Waals surface area contributed by atoms with Crippen LogP contribution in [0, 0.1) is 11.8 Å². The summed E-state index contributed by atoms with van der Waals surface area (Å²) in [4.78, 5) is 86.6. The average molecular weight is 844 g/mol. The lowest BCUT2D eigenvalue weighted by Gasteiger charge is -2.30. The van der Waals surface area contributed by atoms with E-state index in [1.807, 2.05) is 82.3 Å². The molecule has 2 fully saturated rings. The number of methoxy groups -OCH3 is 2. The molecule has 4 atom stereocenters. The molecule has 2 saturated heterocycles. The summed E-state index contributed by atoms with van der Waals surface area (Å²) in [5.74, 6) is 0.124. The van der Waals surface area contributed by atoms with E-state index in [0.29, 0.717) is 23.8 Å². The van der Waals surface area contributed by atoms with Gasteiger partial charge < -0.3 is 44.8 Å². The first-order valence-electron chi connectivity index (χ1n) is 20.8. The average Bonchev–Trinajstić information content (AvgIpc) is 4.14. The van der Waals surface area contributed by atoms with Crippen LogP contribution in [-0.2, 0) is 19.1 Å². The standard InChI is InChI=1S/C46H53N9O7/c1-27(2)38(51-45(59)61-5)43(57)54-22-10-13-36(54)40-47-23-34(49-40)31-18-14-29(15-19-31)30-16-20-32(21-17-30)35-24-48-41(50-35)37-25-53(42(56)33-11-8-7-9-12-33)26-55(37)44(58)39(28(3)4)52-46(60)62-6/h7-9,11-12,14-21,23-24,27-28,36-39H,10,13,22,25-26H2,1-6H3,(H,47,49)(H,48,50)(H,51,59)(H,52,60). The Hall–Kier alpha value is -6.97. The SMILES string of the molecule is COC(=O)NC(C(=O)N1CCCC1c1ncc(-c2ccc(-c3ccc(-c4cnc(C5CN(C(=O)c6ccccc6)CN5C(=O)C(NC(=O)OC)C(C)C)[nH]4)cc3)cc2)[nH]1)C(C)C. The van der Waals surface area contributed by atoms with Crippen molar-refractivity contribution in [2.45, 2.75) is 64.7 Å². The van der Waals surface area contributed by atoms with Crippen LogP contribution in [0.3, 0.4) is 0 Å². The van der Waals surface area contributed by atoms with E-state index in [1.54, 1.807) is 51.4 Å². The van der Waals surface area contributed by atoms with Crippen molar-refractivity contribution in [1.29, 1.82) is 0 Å². The molecule has 16 nitrogen and oxygen atoms in total. The Bertz CT molecular complexity index is 2380. The minimum absolute atomic E-state index is 0.0188. The van der Waals surface area contributed by atoms with Gasteiger partial charge in [-0.25, -0.2) is 19.6 Å². The topological polar surface area (TPSA) is 195 Å². The number of ether oxygens (including phenoxy) is 2. The quantitative estimate of drug-likeness (QED) is 0.108. The van der Waals surface area contributed by atoms with Crippen LogP contribution < -0.4 is 10.6 Å². The minimum Gasteiger partial charge on any atom is -0.453 e. The number of aromatic nitrogens is 4. The van der Waals surface area contributed by atoms with Crippen LogP contribution in [0.2, 0.25) is 0 Å². The molecule has 4 heterocycles. The fraction of sp³-hybridized carbons (Fsp3) is 0.370. The first kappa shape index (κ1) is 43.1. The lowest BCUT2D eigenvalue weighted by atomic mass is 10.0. The summed E-state index contributed by atoms with van der Waals surface area (Å²) in [5.41, 5.74) is 5.93. The highest BCUT2D eigenvalue weighted by Gasteiger charge is 2.42. The maximum atomic E-state index is 14.1. The molecule has 2 aliphatic rings. The zero-order chi connectivity index (χ0) is 44.1. The molecule has 4 N–H and O–H groups in total. The van der Waals surface area contributed by atoms with Gasteiger partial charge in [-0.2, -0.15) is 0 Å². The van der Waals surface area contributed by atoms with E-state index < -0.39 is 30.3 Å². The molecule has 0 aliphatic carbocycles. The van der Waals surface area contributed by atoms with Gasteiger partial charge in [-0.3, -0.25) is 14.4 Å². The van der Waals surface area contributed by atoms with Crippen LogP contribution >= 0.6 is 0 Å². The van der Waals surface area contributed by atoms with E-state index in [9.17, 15) is 24.0 Å². The summed E-state index contributed by atoms with van der Waals surface area (Å²) >= 11 is 0. The Morgan fingerprint density at radius 1 is 0.645 bits per heavy atom. The van der Waals surface area contributed by atoms with Gasteiger partial charge in [0.15, 0.2) is 0 Å². The maximum absolute atomic E-state index is 14.1. The van der Waals surface area contributed by atoms with Gasteiger partial charge in [0.05, 0.1) is 57.3 Å². The molecule has 0 bridgehead atoms. The summed E-state index contributed by atoms with van der Waals surface area (Å²) in [6.07, 6.45) is 3.74. The van der Waals surface area contributed by atoms with Gasteiger partial charge in [-0.05, 0) is 59.1 Å². The number of hydrogen-bond acceptors (Lipinski definition) is 9. The minimum atomic E-state index is -0.883. The number of rotatable bonds is 12. The first-order chi connectivity index (χ1) is 29.9. The number of nitrogens with zero attached hydrogens (tertiary/aromatic N) is 5. The zero-order valence-electron chi connectivity index (χ0n) is 35.8. The Balaban J connectivity index is 1.05. The molecule has 0 radical (unpaired) electrons. The largest absolute Gasteiger partial charge is 0.453 e. The van der Waals surface area contributed by atoms with E-state index in [0.717, 1.165) is 46.5 Å². The third kappa shape index (κ3) is 9.18. The normalized spacial score (nSPS) is 17.3. The zero-order valence-corrected chi connectivity index (χ0v) is 35.8. The molecule has 5 aromatic rings. The van der Waals surface area contributed by atoms with Crippen molar-refractivity contribution in [3.63, 3.8) is 0 Å². The van der Waals surface area contributed by atoms with Crippen LogP contribution in [-0.4, -0.2) is 111 Å². The number of imidazole rings is 2. The van der Waals surface area contributed by atoms with Gasteiger partial charge in [0.25, 0.3) is 5.91 Å². The predicted octanol–water partition coefficient (Wildman–Crippen LogP) is 6.54. The number of carbonyl (C=O) groups is 5. The van der Waals surface area contributed by atoms with Crippen molar-refractivity contribution in [1.82, 2.24) is 45.3 Å². The molecule has 5 amide bonds. The fourth-order valence-electron chi connectivity index (χ4n) is 8.08. The molecule has 0 saturated carbocycles. The number of alkyl carbamates (subject to hydrolysis) is 2. The summed E-state index contributed by atoms with van der Waals surface area (Å²) in [6.45, 7) is 8.26. The lowest BCUT2D eigenvalue weighted by Crippen LogP contribution is -2.51. The molecule has 324 valence electrons. The second kappa shape index (κ2) is 18.7. The smallest absolute Gasteiger partial charge is 0.407 e. The van der Waals surface area contributed by atoms with Crippen molar-refractivity contribution in [3.05, 3.63) is 108 Å². The van der Waals surface area contributed by atoms with Crippen molar-refractivity contribution in [2.24, 2.45) is 11.8 Å². The van der Waals surface area contributed by atoms with Crippen molar-refractivity contribution < 1.29 is 33.4 Å². The van der Waals surface area contributed by atoms with Crippen LogP contribution in [0.15, 0.2) is 91.3 Å². The summed E-state index contributed by atoms with van der Waals surface area (Å²) in [6, 6.07) is 22.7. The van der Waals surface area contributed by atoms with Gasteiger partial charge in [0, 0.05) is 12.1 Å². The van der Waals surface area contributed by atoms with Crippen LogP contribution in [0.4, 0.5) is 9.59 Å². The van der Waals surface area contributed by atoms with Gasteiger partial charge in [0.1, 0.15) is 29.8 Å². The van der Waals surface area contributed by atoms with Crippen molar-refractivity contribution in [2.75, 3.05) is 34.0 Å². The molecule has 2 aliphatic heterocycles. The Kier molecular flexibility index (Phi) is 13.0. The molecule has 0 spiro atoms. The molecule has 7 rings (SSSR count). The number of hydrogen-bond donors (Lipinski definition) is 4. The highest BCUT2D eigenvalue weighted by Crippen LogP contribution is 2.34. The molecule has 3 aromatic carbocycles. The van der Waals surface area contributed by atoms with Crippen molar-refractivity contribution >= 4 is 29.9 Å². The Morgan fingerprint density at radius 3 is 1.60 bits per heavy atom. The molecule has 62 heavy (non-hydrogen) atoms. The number of amides is 5. The van der Waals surface area contributed by atoms with Gasteiger partial charge >= 0.3 is 12.2 Å². The molecule has 16 heteroatoms. The van der Waals surface area contributed by atoms with Gasteiger partial charge in [-0.1, -0.05) is 94.4 Å². The van der Waals surface area contributed by atoms with Crippen molar-refractivity contribution in [3.8, 4) is 33.6 Å². The Labute approximate surface area is 360 Å². The second-order valence-corrected chi connectivity index (χ2v) is 16.3. The molecule has 4 unspecified atom stereocenters. The fourth-order valence-corrected chi connectivity index (χ4v) is 8.08. The van der Waals surface area contributed by atoms with Crippen LogP contribution in [0.25, 0.3) is 33.6 Å². The number of likely N-dealkylation sites (tertiary alicyclic amines) is 1. The predicted molar refractivity (Wildman–Crippen MR) is 231 cm³/mol. The van der Waals surface area contributed by atoms with E-state index >= 15 is 0 Å². The van der Waals surface area contributed by atoms with E-state index in [4.69, 9.17) is 14.5 Å². The molecular formula is C46H53N9O7. The molecular weight excluding hydrogens is 791 g/mol. The monoisotopic (exact) mass is 843 g/mol. The molecule has 2 aromatic heterocycles. The van der Waals surface area contributed by atoms with E-state index in [2.05, 4.69) is 25.6 Å². The third-order valence-corrected chi connectivity index (χ3v) is 11.5. The number of aromatic amines is 2. The summed E-state index contributed by atoms with van der Waals surface area (Å²) in [7, 11) is 2.53. The number of carbonyl (C=O) groups excluding carboxylic acids is 5. The highest BCUT2D eigenvalue weighted by molar-refractivity contribution is 5.95.